The summed E-state index contributed by atoms with van der Waals surface area (Å²) in [7, 11) is 3.46. The van der Waals surface area contributed by atoms with Crippen LogP contribution in [0.5, 0.6) is 0 Å². The Labute approximate surface area is 141 Å². The average molecular weight is 344 g/mol. The fourth-order valence-electron chi connectivity index (χ4n) is 2.65. The minimum absolute atomic E-state index is 0.211. The van der Waals surface area contributed by atoms with E-state index in [9.17, 15) is 9.18 Å². The van der Waals surface area contributed by atoms with Gasteiger partial charge in [-0.25, -0.2) is 4.39 Å². The maximum atomic E-state index is 14.1. The number of hydrogen-bond donors (Lipinski definition) is 1. The Morgan fingerprint density at radius 1 is 1.43 bits per heavy atom. The molecule has 23 heavy (non-hydrogen) atoms. The average Bonchev–Trinajstić information content (AvgIpc) is 2.51. The Bertz CT molecular complexity index is 516. The molecule has 0 aliphatic carbocycles. The Kier molecular flexibility index (Phi) is 6.77. The van der Waals surface area contributed by atoms with Crippen LogP contribution in [-0.2, 0) is 9.53 Å². The van der Waals surface area contributed by atoms with Crippen molar-refractivity contribution in [2.24, 2.45) is 0 Å². The first kappa shape index (κ1) is 18.1. The van der Waals surface area contributed by atoms with Gasteiger partial charge in [-0.3, -0.25) is 14.6 Å². The maximum Gasteiger partial charge on any atom is 0.242 e. The molecule has 1 heterocycles. The molecule has 128 valence electrons. The highest BCUT2D eigenvalue weighted by molar-refractivity contribution is 6.31. The predicted molar refractivity (Wildman–Crippen MR) is 88.1 cm³/mol. The highest BCUT2D eigenvalue weighted by Crippen LogP contribution is 2.28. The molecule has 1 saturated heterocycles. The summed E-state index contributed by atoms with van der Waals surface area (Å²) in [4.78, 5) is 16.4. The van der Waals surface area contributed by atoms with E-state index in [1.807, 2.05) is 0 Å². The summed E-state index contributed by atoms with van der Waals surface area (Å²) < 4.78 is 19.4. The van der Waals surface area contributed by atoms with Crippen LogP contribution in [0.4, 0.5) is 4.39 Å². The fourth-order valence-corrected chi connectivity index (χ4v) is 2.92. The summed E-state index contributed by atoms with van der Waals surface area (Å²) in [6.07, 6.45) is 0. The van der Waals surface area contributed by atoms with Crippen LogP contribution in [0.3, 0.4) is 0 Å². The van der Waals surface area contributed by atoms with Gasteiger partial charge in [0.15, 0.2) is 0 Å². The lowest BCUT2D eigenvalue weighted by atomic mass is 10.0. The zero-order valence-corrected chi connectivity index (χ0v) is 14.3. The molecule has 7 heteroatoms. The third-order valence-corrected chi connectivity index (χ3v) is 4.20. The number of hydrogen-bond acceptors (Lipinski definition) is 4. The molecule has 5 nitrogen and oxygen atoms in total. The number of morpholine rings is 1. The third kappa shape index (κ3) is 4.88. The molecule has 0 unspecified atom stereocenters. The van der Waals surface area contributed by atoms with Crippen LogP contribution in [0.2, 0.25) is 5.02 Å². The van der Waals surface area contributed by atoms with Crippen LogP contribution in [-0.4, -0.2) is 69.2 Å². The second-order valence-electron chi connectivity index (χ2n) is 5.75. The minimum atomic E-state index is -0.756. The van der Waals surface area contributed by atoms with Gasteiger partial charge >= 0.3 is 0 Å². The van der Waals surface area contributed by atoms with E-state index >= 15 is 0 Å². The highest BCUT2D eigenvalue weighted by Gasteiger charge is 2.28. The Morgan fingerprint density at radius 2 is 2.13 bits per heavy atom. The molecule has 0 saturated carbocycles. The summed E-state index contributed by atoms with van der Waals surface area (Å²) in [6, 6.07) is 3.69. The van der Waals surface area contributed by atoms with E-state index < -0.39 is 11.9 Å². The number of carbonyl (C=O) groups is 1. The molecule has 1 fully saturated rings. The summed E-state index contributed by atoms with van der Waals surface area (Å²) in [5, 5.41) is 3.13. The van der Waals surface area contributed by atoms with Crippen molar-refractivity contribution in [3.05, 3.63) is 34.6 Å². The first-order valence-corrected chi connectivity index (χ1v) is 8.06. The Hall–Kier alpha value is -1.21. The van der Waals surface area contributed by atoms with Gasteiger partial charge in [0, 0.05) is 36.8 Å². The van der Waals surface area contributed by atoms with E-state index in [2.05, 4.69) is 10.2 Å². The van der Waals surface area contributed by atoms with E-state index in [-0.39, 0.29) is 16.5 Å². The molecular weight excluding hydrogens is 321 g/mol. The lowest BCUT2D eigenvalue weighted by Crippen LogP contribution is -2.44. The van der Waals surface area contributed by atoms with Crippen LogP contribution in [0, 0.1) is 5.82 Å². The normalized spacial score (nSPS) is 17.3. The second-order valence-corrected chi connectivity index (χ2v) is 6.15. The quantitative estimate of drug-likeness (QED) is 0.851. The zero-order chi connectivity index (χ0) is 16.8. The van der Waals surface area contributed by atoms with Gasteiger partial charge in [-0.15, -0.1) is 0 Å². The summed E-state index contributed by atoms with van der Waals surface area (Å²) in [5.41, 5.74) is 0.211. The number of rotatable bonds is 6. The molecule has 0 bridgehead atoms. The molecular formula is C16H23ClFN3O2. The van der Waals surface area contributed by atoms with Crippen molar-refractivity contribution in [1.29, 1.82) is 0 Å². The van der Waals surface area contributed by atoms with Crippen LogP contribution in [0.15, 0.2) is 18.2 Å². The van der Waals surface area contributed by atoms with Crippen LogP contribution in [0.1, 0.15) is 11.6 Å². The molecule has 1 amide bonds. The fraction of sp³-hybridized carbons (Fsp3) is 0.562. The van der Waals surface area contributed by atoms with Crippen LogP contribution >= 0.6 is 11.6 Å². The lowest BCUT2D eigenvalue weighted by Gasteiger charge is -2.28. The van der Waals surface area contributed by atoms with Gasteiger partial charge in [-0.2, -0.15) is 0 Å². The third-order valence-electron chi connectivity index (χ3n) is 3.87. The molecule has 1 atom stereocenters. The first-order chi connectivity index (χ1) is 11.0. The minimum Gasteiger partial charge on any atom is -0.379 e. The summed E-state index contributed by atoms with van der Waals surface area (Å²) >= 11 is 6.10. The van der Waals surface area contributed by atoms with Crippen molar-refractivity contribution in [1.82, 2.24) is 15.1 Å². The smallest absolute Gasteiger partial charge is 0.242 e. The van der Waals surface area contributed by atoms with E-state index in [1.54, 1.807) is 25.1 Å². The Morgan fingerprint density at radius 3 is 2.74 bits per heavy atom. The topological polar surface area (TPSA) is 44.8 Å². The van der Waals surface area contributed by atoms with Crippen molar-refractivity contribution >= 4 is 17.5 Å². The van der Waals surface area contributed by atoms with E-state index in [0.717, 1.165) is 32.8 Å². The maximum absolute atomic E-state index is 14.1. The van der Waals surface area contributed by atoms with Gasteiger partial charge < -0.3 is 10.1 Å². The van der Waals surface area contributed by atoms with Crippen molar-refractivity contribution in [2.75, 3.05) is 53.5 Å². The molecule has 1 aliphatic heterocycles. The SMILES string of the molecule is CN(C)[C@H](C(=O)NCCN1CCOCC1)c1c(F)cccc1Cl. The van der Waals surface area contributed by atoms with Crippen LogP contribution in [0.25, 0.3) is 0 Å². The number of ether oxygens (including phenoxy) is 1. The molecule has 0 spiro atoms. The number of nitrogens with one attached hydrogen (secondary N) is 1. The zero-order valence-electron chi connectivity index (χ0n) is 13.5. The summed E-state index contributed by atoms with van der Waals surface area (Å²) in [5.74, 6) is -0.727. The monoisotopic (exact) mass is 343 g/mol. The number of benzene rings is 1. The molecule has 0 aromatic heterocycles. The standard InChI is InChI=1S/C16H23ClFN3O2/c1-20(2)15(14-12(17)4-3-5-13(14)18)16(22)19-6-7-21-8-10-23-11-9-21/h3-5,15H,6-11H2,1-2H3,(H,19,22)/t15-/m0/s1. The molecule has 2 rings (SSSR count). The van der Waals surface area contributed by atoms with E-state index in [4.69, 9.17) is 16.3 Å². The number of amides is 1. The first-order valence-electron chi connectivity index (χ1n) is 7.69. The van der Waals surface area contributed by atoms with Gasteiger partial charge in [0.2, 0.25) is 5.91 Å². The summed E-state index contributed by atoms with van der Waals surface area (Å²) in [6.45, 7) is 4.44. The number of likely N-dealkylation sites (N-methyl/N-ethyl adjacent to an activating group) is 1. The highest BCUT2D eigenvalue weighted by atomic mass is 35.5. The number of halogens is 2. The molecule has 1 aliphatic rings. The number of carbonyl (C=O) groups excluding carboxylic acids is 1. The molecule has 0 radical (unpaired) electrons. The van der Waals surface area contributed by atoms with Gasteiger partial charge in [0.1, 0.15) is 11.9 Å². The largest absolute Gasteiger partial charge is 0.379 e. The van der Waals surface area contributed by atoms with Crippen LogP contribution < -0.4 is 5.32 Å². The molecule has 1 N–H and O–H groups in total. The van der Waals surface area contributed by atoms with Crippen molar-refractivity contribution in [3.63, 3.8) is 0 Å². The van der Waals surface area contributed by atoms with Crippen molar-refractivity contribution in [2.45, 2.75) is 6.04 Å². The lowest BCUT2D eigenvalue weighted by molar-refractivity contribution is -0.126. The second kappa shape index (κ2) is 8.59. The van der Waals surface area contributed by atoms with Gasteiger partial charge in [0.25, 0.3) is 0 Å². The van der Waals surface area contributed by atoms with Gasteiger partial charge in [0.05, 0.1) is 13.2 Å². The van der Waals surface area contributed by atoms with Crippen molar-refractivity contribution < 1.29 is 13.9 Å². The molecule has 1 aromatic rings. The predicted octanol–water partition coefficient (Wildman–Crippen LogP) is 1.53. The van der Waals surface area contributed by atoms with Gasteiger partial charge in [-0.1, -0.05) is 17.7 Å². The Balaban J connectivity index is 1.98. The van der Waals surface area contributed by atoms with E-state index in [1.165, 1.54) is 12.1 Å². The molecule has 1 aromatic carbocycles. The number of nitrogens with zero attached hydrogens (tertiary/aromatic N) is 2. The van der Waals surface area contributed by atoms with Crippen molar-refractivity contribution in [3.8, 4) is 0 Å². The van der Waals surface area contributed by atoms with Gasteiger partial charge in [-0.05, 0) is 26.2 Å². The van der Waals surface area contributed by atoms with E-state index in [0.29, 0.717) is 6.54 Å².